The monoisotopic (exact) mass is 830 g/mol. The molecule has 58 heavy (non-hydrogen) atoms. The Balaban J connectivity index is -0.00000168. The molecule has 8 nitrogen and oxygen atoms in total. The number of aliphatic hydroxyl groups excluding tert-OH is 1. The third-order valence-electron chi connectivity index (χ3n) is 9.69. The average Bonchev–Trinajstić information content (AvgIpc) is 3.22. The Kier molecular flexibility index (Phi) is 63.3. The lowest BCUT2D eigenvalue weighted by Gasteiger charge is -2.22. The molecule has 0 saturated carbocycles. The van der Waals surface area contributed by atoms with E-state index in [9.17, 15) is 14.7 Å². The Morgan fingerprint density at radius 2 is 0.655 bits per heavy atom. The van der Waals surface area contributed by atoms with Crippen molar-refractivity contribution >= 4 is 11.9 Å². The predicted molar refractivity (Wildman–Crippen MR) is 254 cm³/mol. The first-order valence-corrected chi connectivity index (χ1v) is 25.6. The van der Waals surface area contributed by atoms with Crippen molar-refractivity contribution in [2.24, 2.45) is 0 Å². The first-order valence-electron chi connectivity index (χ1n) is 25.6. The quantitative estimate of drug-likeness (QED) is 0.0483. The van der Waals surface area contributed by atoms with Gasteiger partial charge < -0.3 is 19.7 Å². The Morgan fingerprint density at radius 1 is 0.379 bits per heavy atom. The summed E-state index contributed by atoms with van der Waals surface area (Å²) in [6.07, 6.45) is 33.5. The molecule has 0 aliphatic carbocycles. The topological polar surface area (TPSA) is 82.6 Å². The van der Waals surface area contributed by atoms with Crippen molar-refractivity contribution in [3.05, 3.63) is 0 Å². The van der Waals surface area contributed by atoms with Gasteiger partial charge in [-0.25, -0.2) is 0 Å². The minimum absolute atomic E-state index is 0.0639. The van der Waals surface area contributed by atoms with Gasteiger partial charge in [0.2, 0.25) is 0 Å². The van der Waals surface area contributed by atoms with Gasteiger partial charge in [0.1, 0.15) is 0 Å². The highest BCUT2D eigenvalue weighted by atomic mass is 16.7. The zero-order chi connectivity index (χ0) is 44.2. The van der Waals surface area contributed by atoms with Crippen LogP contribution >= 0.6 is 0 Å². The van der Waals surface area contributed by atoms with Crippen molar-refractivity contribution in [3.63, 3.8) is 0 Å². The fourth-order valence-electron chi connectivity index (χ4n) is 6.40. The molecule has 0 aromatic carbocycles. The maximum absolute atomic E-state index is 12.7. The Morgan fingerprint density at radius 3 is 1.02 bits per heavy atom. The number of hydroxylamine groups is 4. The molecule has 0 unspecified atom stereocenters. The Hall–Kier alpha value is -1.22. The molecule has 352 valence electrons. The van der Waals surface area contributed by atoms with E-state index in [0.29, 0.717) is 12.8 Å². The van der Waals surface area contributed by atoms with Crippen LogP contribution in [-0.2, 0) is 19.3 Å². The second kappa shape index (κ2) is 57.9. The maximum atomic E-state index is 12.7. The molecule has 0 fully saturated rings. The van der Waals surface area contributed by atoms with Crippen LogP contribution in [0, 0.1) is 0 Å². The first-order chi connectivity index (χ1) is 28.3. The molecule has 0 bridgehead atoms. The van der Waals surface area contributed by atoms with Gasteiger partial charge in [0.15, 0.2) is 0 Å². The standard InChI is InChI=1S/C42H85N3O5.2C3H8.C2H6/c1-5-9-12-15-19-28-38-45(39-29-20-16-13-10-6-2)50-42(48)33-24-18-22-26-35-43(36-30-31-40-46)34-25-21-17-23-32-41(47)49-44(8-4)37-27-14-11-7-3;2*1-3-2;1-2/h46H,5-40H2,1-4H3;2*3H2,1-2H3;1-2H3. The highest BCUT2D eigenvalue weighted by Crippen LogP contribution is 2.13. The lowest BCUT2D eigenvalue weighted by molar-refractivity contribution is -0.191. The molecule has 0 atom stereocenters. The fraction of sp³-hybridized carbons (Fsp3) is 0.960. The molecule has 8 heteroatoms. The first kappa shape index (κ1) is 63.4. The highest BCUT2D eigenvalue weighted by Gasteiger charge is 2.13. The van der Waals surface area contributed by atoms with Gasteiger partial charge in [-0.05, 0) is 84.3 Å². The summed E-state index contributed by atoms with van der Waals surface area (Å²) in [4.78, 5) is 39.0. The van der Waals surface area contributed by atoms with Crippen molar-refractivity contribution in [2.45, 2.75) is 262 Å². The van der Waals surface area contributed by atoms with E-state index < -0.39 is 0 Å². The van der Waals surface area contributed by atoms with Crippen molar-refractivity contribution < 1.29 is 24.4 Å². The summed E-state index contributed by atoms with van der Waals surface area (Å²) in [5, 5.41) is 13.1. The van der Waals surface area contributed by atoms with Crippen LogP contribution in [0.15, 0.2) is 0 Å². The minimum Gasteiger partial charge on any atom is -0.396 e. The van der Waals surface area contributed by atoms with Crippen LogP contribution < -0.4 is 0 Å². The van der Waals surface area contributed by atoms with Crippen LogP contribution in [0.1, 0.15) is 262 Å². The second-order valence-corrected chi connectivity index (χ2v) is 16.0. The molecule has 0 aromatic rings. The number of hydrogen-bond donors (Lipinski definition) is 1. The third kappa shape index (κ3) is 54.8. The summed E-state index contributed by atoms with van der Waals surface area (Å²) in [6.45, 7) is 28.0. The molecule has 0 radical (unpaired) electrons. The summed E-state index contributed by atoms with van der Waals surface area (Å²) in [5.74, 6) is -0.161. The van der Waals surface area contributed by atoms with Gasteiger partial charge in [0, 0.05) is 45.6 Å². The third-order valence-corrected chi connectivity index (χ3v) is 9.69. The fourth-order valence-corrected chi connectivity index (χ4v) is 6.40. The highest BCUT2D eigenvalue weighted by molar-refractivity contribution is 5.69. The molecule has 0 amide bonds. The molecule has 1 N–H and O–H groups in total. The van der Waals surface area contributed by atoms with Gasteiger partial charge in [0.05, 0.1) is 0 Å². The van der Waals surface area contributed by atoms with E-state index in [1.54, 1.807) is 0 Å². The molecular formula is C50H107N3O5. The molecule has 0 heterocycles. The Labute approximate surface area is 364 Å². The van der Waals surface area contributed by atoms with Gasteiger partial charge in [-0.15, -0.1) is 10.1 Å². The van der Waals surface area contributed by atoms with Crippen molar-refractivity contribution in [1.82, 2.24) is 15.0 Å². The van der Waals surface area contributed by atoms with Crippen molar-refractivity contribution in [2.75, 3.05) is 52.4 Å². The normalized spacial score (nSPS) is 10.8. The molecule has 0 aromatic heterocycles. The minimum atomic E-state index is -0.0973. The van der Waals surface area contributed by atoms with Crippen molar-refractivity contribution in [3.8, 4) is 0 Å². The number of rotatable bonds is 40. The average molecular weight is 830 g/mol. The van der Waals surface area contributed by atoms with Gasteiger partial charge in [-0.2, -0.15) is 0 Å². The smallest absolute Gasteiger partial charge is 0.325 e. The lowest BCUT2D eigenvalue weighted by Crippen LogP contribution is -2.29. The van der Waals surface area contributed by atoms with Crippen LogP contribution in [0.4, 0.5) is 0 Å². The van der Waals surface area contributed by atoms with Crippen LogP contribution in [-0.4, -0.2) is 84.5 Å². The van der Waals surface area contributed by atoms with Crippen LogP contribution in [0.25, 0.3) is 0 Å². The van der Waals surface area contributed by atoms with Gasteiger partial charge in [-0.3, -0.25) is 9.59 Å². The molecule has 0 saturated heterocycles. The second-order valence-electron chi connectivity index (χ2n) is 16.0. The SMILES string of the molecule is CC.CCC.CCC.CCCCCCCCN(CCCCCCCC)OC(=O)CCCCCCN(CCCCO)CCCCCCC(=O)ON(CC)CCCCCC. The molecule has 0 spiro atoms. The maximum Gasteiger partial charge on any atom is 0.325 e. The van der Waals surface area contributed by atoms with Gasteiger partial charge in [-0.1, -0.05) is 184 Å². The van der Waals surface area contributed by atoms with Crippen LogP contribution in [0.2, 0.25) is 0 Å². The summed E-state index contributed by atoms with van der Waals surface area (Å²) in [5.41, 5.74) is 0. The van der Waals surface area contributed by atoms with Gasteiger partial charge in [0.25, 0.3) is 0 Å². The van der Waals surface area contributed by atoms with Crippen molar-refractivity contribution in [1.29, 1.82) is 0 Å². The zero-order valence-corrected chi connectivity index (χ0v) is 41.3. The number of aliphatic hydroxyl groups is 1. The molecule has 0 aliphatic heterocycles. The number of nitrogens with zero attached hydrogens (tertiary/aromatic N) is 3. The molecule has 0 aliphatic rings. The number of unbranched alkanes of at least 4 members (excludes halogenated alkanes) is 20. The summed E-state index contributed by atoms with van der Waals surface area (Å²) >= 11 is 0. The molecular weight excluding hydrogens is 723 g/mol. The summed E-state index contributed by atoms with van der Waals surface area (Å²) in [7, 11) is 0. The predicted octanol–water partition coefficient (Wildman–Crippen LogP) is 14.7. The number of hydrogen-bond acceptors (Lipinski definition) is 8. The Bertz CT molecular complexity index is 739. The van der Waals surface area contributed by atoms with Crippen LogP contribution in [0.5, 0.6) is 0 Å². The van der Waals surface area contributed by atoms with E-state index in [2.05, 4.69) is 53.4 Å². The van der Waals surface area contributed by atoms with E-state index in [0.717, 1.165) is 129 Å². The lowest BCUT2D eigenvalue weighted by atomic mass is 10.1. The van der Waals surface area contributed by atoms with E-state index in [1.807, 2.05) is 30.9 Å². The van der Waals surface area contributed by atoms with E-state index in [4.69, 9.17) is 9.68 Å². The number of carbonyl (C=O) groups is 2. The van der Waals surface area contributed by atoms with Gasteiger partial charge >= 0.3 is 11.9 Å². The van der Waals surface area contributed by atoms with E-state index in [-0.39, 0.29) is 18.5 Å². The van der Waals surface area contributed by atoms with E-state index >= 15 is 0 Å². The largest absolute Gasteiger partial charge is 0.396 e. The molecule has 0 rings (SSSR count). The van der Waals surface area contributed by atoms with Crippen LogP contribution in [0.3, 0.4) is 0 Å². The summed E-state index contributed by atoms with van der Waals surface area (Å²) < 4.78 is 0. The number of carbonyl (C=O) groups excluding carboxylic acids is 2. The van der Waals surface area contributed by atoms with E-state index in [1.165, 1.54) is 96.3 Å². The zero-order valence-electron chi connectivity index (χ0n) is 41.3. The summed E-state index contributed by atoms with van der Waals surface area (Å²) in [6, 6.07) is 0.